The SMILES string of the molecule is CCOc1ccc(-c2noc(CCC(=O)NCc3cccc(C#N)c3)n2)cc1. The molecule has 1 aromatic heterocycles. The van der Waals surface area contributed by atoms with Crippen molar-refractivity contribution in [2.24, 2.45) is 0 Å². The van der Waals surface area contributed by atoms with Crippen LogP contribution >= 0.6 is 0 Å². The zero-order chi connectivity index (χ0) is 19.8. The molecule has 3 aromatic rings. The molecular formula is C21H20N4O3. The molecule has 0 aliphatic heterocycles. The summed E-state index contributed by atoms with van der Waals surface area (Å²) in [6.45, 7) is 2.91. The van der Waals surface area contributed by atoms with Gasteiger partial charge in [0.25, 0.3) is 0 Å². The summed E-state index contributed by atoms with van der Waals surface area (Å²) in [5.74, 6) is 1.55. The Morgan fingerprint density at radius 2 is 2.07 bits per heavy atom. The number of aryl methyl sites for hydroxylation is 1. The standard InChI is InChI=1S/C21H20N4O3/c1-2-27-18-8-6-17(7-9-18)21-24-20(28-25-21)11-10-19(26)23-14-16-5-3-4-15(12-16)13-22/h3-9,12H,2,10-11,14H2,1H3,(H,23,26). The monoisotopic (exact) mass is 376 g/mol. The van der Waals surface area contributed by atoms with Gasteiger partial charge in [0.05, 0.1) is 18.2 Å². The number of hydrogen-bond donors (Lipinski definition) is 1. The first kappa shape index (κ1) is 19.1. The molecule has 7 heteroatoms. The summed E-state index contributed by atoms with van der Waals surface area (Å²) >= 11 is 0. The Labute approximate surface area is 163 Å². The molecule has 0 atom stereocenters. The highest BCUT2D eigenvalue weighted by Crippen LogP contribution is 2.20. The van der Waals surface area contributed by atoms with Crippen molar-refractivity contribution in [3.05, 3.63) is 65.5 Å². The zero-order valence-corrected chi connectivity index (χ0v) is 15.5. The third-order valence-electron chi connectivity index (χ3n) is 4.00. The predicted molar refractivity (Wildman–Crippen MR) is 102 cm³/mol. The van der Waals surface area contributed by atoms with Crippen molar-refractivity contribution in [2.45, 2.75) is 26.3 Å². The Balaban J connectivity index is 1.49. The van der Waals surface area contributed by atoms with E-state index in [1.165, 1.54) is 0 Å². The van der Waals surface area contributed by atoms with Crippen LogP contribution in [0.4, 0.5) is 0 Å². The van der Waals surface area contributed by atoms with Crippen molar-refractivity contribution < 1.29 is 14.1 Å². The predicted octanol–water partition coefficient (Wildman–Crippen LogP) is 3.26. The van der Waals surface area contributed by atoms with Crippen LogP contribution in [-0.4, -0.2) is 22.7 Å². The lowest BCUT2D eigenvalue weighted by Gasteiger charge is -2.04. The smallest absolute Gasteiger partial charge is 0.227 e. The van der Waals surface area contributed by atoms with Gasteiger partial charge in [-0.3, -0.25) is 4.79 Å². The second-order valence-electron chi connectivity index (χ2n) is 6.06. The van der Waals surface area contributed by atoms with E-state index < -0.39 is 0 Å². The van der Waals surface area contributed by atoms with E-state index in [0.29, 0.717) is 36.9 Å². The molecule has 1 N–H and O–H groups in total. The highest BCUT2D eigenvalue weighted by Gasteiger charge is 2.11. The number of nitrogens with one attached hydrogen (secondary N) is 1. The quantitative estimate of drug-likeness (QED) is 0.647. The first-order valence-electron chi connectivity index (χ1n) is 8.99. The summed E-state index contributed by atoms with van der Waals surface area (Å²) in [6.07, 6.45) is 0.594. The number of nitriles is 1. The van der Waals surface area contributed by atoms with Gasteiger partial charge in [-0.15, -0.1) is 0 Å². The van der Waals surface area contributed by atoms with Gasteiger partial charge in [-0.1, -0.05) is 17.3 Å². The fourth-order valence-electron chi connectivity index (χ4n) is 2.60. The van der Waals surface area contributed by atoms with E-state index in [0.717, 1.165) is 16.9 Å². The summed E-state index contributed by atoms with van der Waals surface area (Å²) in [5.41, 5.74) is 2.27. The van der Waals surface area contributed by atoms with Crippen LogP contribution in [0.25, 0.3) is 11.4 Å². The Hall–Kier alpha value is -3.66. The number of carbonyl (C=O) groups excluding carboxylic acids is 1. The molecule has 142 valence electrons. The molecule has 28 heavy (non-hydrogen) atoms. The minimum Gasteiger partial charge on any atom is -0.494 e. The van der Waals surface area contributed by atoms with Gasteiger partial charge in [0, 0.05) is 24.9 Å². The van der Waals surface area contributed by atoms with Gasteiger partial charge in [0.15, 0.2) is 0 Å². The second kappa shape index (κ2) is 9.33. The minimum atomic E-state index is -0.122. The molecule has 0 unspecified atom stereocenters. The van der Waals surface area contributed by atoms with E-state index in [9.17, 15) is 4.79 Å². The number of aromatic nitrogens is 2. The van der Waals surface area contributed by atoms with Crippen molar-refractivity contribution >= 4 is 5.91 Å². The summed E-state index contributed by atoms with van der Waals surface area (Å²) in [4.78, 5) is 16.4. The molecule has 2 aromatic carbocycles. The Morgan fingerprint density at radius 1 is 1.25 bits per heavy atom. The van der Waals surface area contributed by atoms with Gasteiger partial charge in [-0.2, -0.15) is 10.2 Å². The fourth-order valence-corrected chi connectivity index (χ4v) is 2.60. The molecule has 0 spiro atoms. The molecule has 3 rings (SSSR count). The highest BCUT2D eigenvalue weighted by atomic mass is 16.5. The van der Waals surface area contributed by atoms with Crippen LogP contribution in [0.1, 0.15) is 30.4 Å². The lowest BCUT2D eigenvalue weighted by atomic mass is 10.1. The van der Waals surface area contributed by atoms with Gasteiger partial charge in [0.2, 0.25) is 17.6 Å². The van der Waals surface area contributed by atoms with Gasteiger partial charge in [0.1, 0.15) is 5.75 Å². The minimum absolute atomic E-state index is 0.122. The number of ether oxygens (including phenoxy) is 1. The first-order valence-corrected chi connectivity index (χ1v) is 8.99. The molecule has 7 nitrogen and oxygen atoms in total. The van der Waals surface area contributed by atoms with E-state index in [1.54, 1.807) is 18.2 Å². The van der Waals surface area contributed by atoms with E-state index >= 15 is 0 Å². The maximum atomic E-state index is 12.0. The Morgan fingerprint density at radius 3 is 2.82 bits per heavy atom. The highest BCUT2D eigenvalue weighted by molar-refractivity contribution is 5.76. The second-order valence-corrected chi connectivity index (χ2v) is 6.06. The van der Waals surface area contributed by atoms with Gasteiger partial charge >= 0.3 is 0 Å². The lowest BCUT2D eigenvalue weighted by molar-refractivity contribution is -0.121. The molecule has 0 bridgehead atoms. The molecule has 0 saturated carbocycles. The number of hydrogen-bond acceptors (Lipinski definition) is 6. The van der Waals surface area contributed by atoms with Crippen LogP contribution in [0, 0.1) is 11.3 Å². The van der Waals surface area contributed by atoms with Gasteiger partial charge < -0.3 is 14.6 Å². The fraction of sp³-hybridized carbons (Fsp3) is 0.238. The molecule has 0 aliphatic rings. The molecular weight excluding hydrogens is 356 g/mol. The zero-order valence-electron chi connectivity index (χ0n) is 15.5. The Kier molecular flexibility index (Phi) is 6.37. The van der Waals surface area contributed by atoms with Crippen LogP contribution in [0.2, 0.25) is 0 Å². The molecule has 0 aliphatic carbocycles. The topological polar surface area (TPSA) is 101 Å². The molecule has 0 fully saturated rings. The maximum Gasteiger partial charge on any atom is 0.227 e. The number of benzene rings is 2. The normalized spacial score (nSPS) is 10.3. The molecule has 0 saturated heterocycles. The molecule has 0 radical (unpaired) electrons. The van der Waals surface area contributed by atoms with Crippen LogP contribution in [-0.2, 0) is 17.8 Å². The lowest BCUT2D eigenvalue weighted by Crippen LogP contribution is -2.23. The summed E-state index contributed by atoms with van der Waals surface area (Å²) in [5, 5.41) is 15.7. The third kappa shape index (κ3) is 5.17. The first-order chi connectivity index (χ1) is 13.7. The van der Waals surface area contributed by atoms with Crippen LogP contribution in [0.5, 0.6) is 5.75 Å². The average Bonchev–Trinajstić information content (AvgIpc) is 3.21. The molecule has 1 heterocycles. The number of rotatable bonds is 8. The van der Waals surface area contributed by atoms with Gasteiger partial charge in [-0.25, -0.2) is 0 Å². The van der Waals surface area contributed by atoms with Crippen LogP contribution < -0.4 is 10.1 Å². The summed E-state index contributed by atoms with van der Waals surface area (Å²) in [6, 6.07) is 16.6. The summed E-state index contributed by atoms with van der Waals surface area (Å²) < 4.78 is 10.6. The van der Waals surface area contributed by atoms with Crippen molar-refractivity contribution in [3.63, 3.8) is 0 Å². The summed E-state index contributed by atoms with van der Waals surface area (Å²) in [7, 11) is 0. The van der Waals surface area contributed by atoms with Crippen molar-refractivity contribution in [3.8, 4) is 23.2 Å². The Bertz CT molecular complexity index is 974. The number of amides is 1. The number of carbonyl (C=O) groups is 1. The van der Waals surface area contributed by atoms with Crippen LogP contribution in [0.15, 0.2) is 53.1 Å². The van der Waals surface area contributed by atoms with E-state index in [1.807, 2.05) is 37.3 Å². The van der Waals surface area contributed by atoms with E-state index in [2.05, 4.69) is 21.5 Å². The van der Waals surface area contributed by atoms with Crippen molar-refractivity contribution in [2.75, 3.05) is 6.61 Å². The van der Waals surface area contributed by atoms with Crippen LogP contribution in [0.3, 0.4) is 0 Å². The average molecular weight is 376 g/mol. The van der Waals surface area contributed by atoms with E-state index in [-0.39, 0.29) is 12.3 Å². The van der Waals surface area contributed by atoms with Crippen molar-refractivity contribution in [1.82, 2.24) is 15.5 Å². The third-order valence-corrected chi connectivity index (χ3v) is 4.00. The van der Waals surface area contributed by atoms with Gasteiger partial charge in [-0.05, 0) is 48.9 Å². The molecule has 1 amide bonds. The van der Waals surface area contributed by atoms with E-state index in [4.69, 9.17) is 14.5 Å². The largest absolute Gasteiger partial charge is 0.494 e. The maximum absolute atomic E-state index is 12.0. The number of nitrogens with zero attached hydrogens (tertiary/aromatic N) is 3. The van der Waals surface area contributed by atoms with Crippen molar-refractivity contribution in [1.29, 1.82) is 5.26 Å².